The Kier molecular flexibility index (Phi) is 8.00. The summed E-state index contributed by atoms with van der Waals surface area (Å²) in [5.41, 5.74) is 2.45. The predicted molar refractivity (Wildman–Crippen MR) is 86.0 cm³/mol. The number of carboxylic acid groups (broad SMARTS) is 1. The first kappa shape index (κ1) is 19.7. The third kappa shape index (κ3) is 6.43. The molecular weight excluding hydrogens is 361 g/mol. The number of carbonyl (C=O) groups excluding carboxylic acids is 3. The van der Waals surface area contributed by atoms with Crippen LogP contribution >= 0.6 is 23.2 Å². The van der Waals surface area contributed by atoms with Crippen LogP contribution in [0.4, 0.5) is 0 Å². The Bertz CT molecular complexity index is 641. The molecule has 0 fully saturated rings. The zero-order valence-corrected chi connectivity index (χ0v) is 14.1. The van der Waals surface area contributed by atoms with Crippen molar-refractivity contribution in [3.8, 4) is 5.75 Å². The van der Waals surface area contributed by atoms with Crippen molar-refractivity contribution in [2.24, 2.45) is 5.10 Å². The van der Waals surface area contributed by atoms with Gasteiger partial charge in [-0.2, -0.15) is 5.10 Å². The van der Waals surface area contributed by atoms with Crippen molar-refractivity contribution in [3.05, 3.63) is 27.7 Å². The van der Waals surface area contributed by atoms with Crippen LogP contribution in [0.1, 0.15) is 18.9 Å². The number of amides is 2. The van der Waals surface area contributed by atoms with E-state index in [0.717, 1.165) is 0 Å². The van der Waals surface area contributed by atoms with E-state index in [4.69, 9.17) is 27.9 Å². The quantitative estimate of drug-likeness (QED) is 0.398. The maximum absolute atomic E-state index is 11.4. The van der Waals surface area contributed by atoms with Gasteiger partial charge in [0.15, 0.2) is 5.75 Å². The normalized spacial score (nSPS) is 10.5. The van der Waals surface area contributed by atoms with Crippen LogP contribution in [0.3, 0.4) is 0 Å². The van der Waals surface area contributed by atoms with E-state index in [1.54, 1.807) is 0 Å². The highest BCUT2D eigenvalue weighted by atomic mass is 35.5. The van der Waals surface area contributed by atoms with Gasteiger partial charge in [-0.25, -0.2) is 5.43 Å². The molecule has 8 nitrogen and oxygen atoms in total. The maximum Gasteiger partial charge on any atom is 0.329 e. The predicted octanol–water partition coefficient (Wildman–Crippen LogP) is 0.0984. The van der Waals surface area contributed by atoms with E-state index in [1.807, 2.05) is 12.3 Å². The summed E-state index contributed by atoms with van der Waals surface area (Å²) in [4.78, 5) is 33.1. The van der Waals surface area contributed by atoms with Gasteiger partial charge in [0.1, 0.15) is 6.61 Å². The fourth-order valence-corrected chi connectivity index (χ4v) is 2.07. The fourth-order valence-electron chi connectivity index (χ4n) is 1.46. The summed E-state index contributed by atoms with van der Waals surface area (Å²) in [6.45, 7) is 1.54. The van der Waals surface area contributed by atoms with E-state index in [0.29, 0.717) is 18.5 Å². The van der Waals surface area contributed by atoms with Gasteiger partial charge in [0.2, 0.25) is 0 Å². The summed E-state index contributed by atoms with van der Waals surface area (Å²) in [7, 11) is 0. The molecule has 0 radical (unpaired) electrons. The SMILES string of the molecule is CCCNC(=O)C(=O)N/N=C\c1cc(Cl)c(OCC(=O)[O-])c(Cl)c1. The molecule has 0 bridgehead atoms. The standard InChI is InChI=1S/C14H15Cl2N3O5/c1-2-3-17-13(22)14(23)19-18-6-8-4-9(15)12(10(16)5-8)24-7-11(20)21/h4-6H,2-3,7H2,1H3,(H,17,22)(H,19,23)(H,20,21)/p-1/b18-6-. The molecule has 130 valence electrons. The van der Waals surface area contributed by atoms with Crippen LogP contribution in [0.15, 0.2) is 17.2 Å². The zero-order chi connectivity index (χ0) is 18.1. The summed E-state index contributed by atoms with van der Waals surface area (Å²) < 4.78 is 4.90. The Labute approximate surface area is 147 Å². The first-order valence-electron chi connectivity index (χ1n) is 6.78. The molecule has 0 unspecified atom stereocenters. The molecule has 0 aliphatic rings. The van der Waals surface area contributed by atoms with Gasteiger partial charge in [-0.05, 0) is 24.1 Å². The van der Waals surface area contributed by atoms with Gasteiger partial charge in [-0.3, -0.25) is 9.59 Å². The van der Waals surface area contributed by atoms with Crippen LogP contribution in [0.5, 0.6) is 5.75 Å². The number of aliphatic carboxylic acids is 1. The van der Waals surface area contributed by atoms with Gasteiger partial charge in [0.05, 0.1) is 22.2 Å². The molecule has 24 heavy (non-hydrogen) atoms. The van der Waals surface area contributed by atoms with E-state index in [9.17, 15) is 19.5 Å². The summed E-state index contributed by atoms with van der Waals surface area (Å²) in [6, 6.07) is 2.79. The van der Waals surface area contributed by atoms with Crippen molar-refractivity contribution in [2.45, 2.75) is 13.3 Å². The molecule has 0 saturated heterocycles. The lowest BCUT2D eigenvalue weighted by Gasteiger charge is -2.11. The minimum atomic E-state index is -1.42. The van der Waals surface area contributed by atoms with Gasteiger partial charge in [-0.15, -0.1) is 0 Å². The Balaban J connectivity index is 2.70. The Morgan fingerprint density at radius 1 is 1.25 bits per heavy atom. The molecule has 2 N–H and O–H groups in total. The number of nitrogens with zero attached hydrogens (tertiary/aromatic N) is 1. The van der Waals surface area contributed by atoms with Crippen LogP contribution in [0.25, 0.3) is 0 Å². The van der Waals surface area contributed by atoms with Crippen LogP contribution in [-0.4, -0.2) is 37.1 Å². The number of carbonyl (C=O) groups is 3. The highest BCUT2D eigenvalue weighted by Gasteiger charge is 2.12. The largest absolute Gasteiger partial charge is 0.546 e. The molecule has 1 aromatic carbocycles. The minimum absolute atomic E-state index is 0.0114. The summed E-state index contributed by atoms with van der Waals surface area (Å²) in [5.74, 6) is -3.14. The Morgan fingerprint density at radius 2 is 1.88 bits per heavy atom. The summed E-state index contributed by atoms with van der Waals surface area (Å²) in [5, 5.41) is 16.5. The molecule has 0 heterocycles. The molecule has 10 heteroatoms. The molecule has 0 saturated carbocycles. The molecule has 0 atom stereocenters. The molecule has 2 amide bonds. The lowest BCUT2D eigenvalue weighted by molar-refractivity contribution is -0.307. The Hall–Kier alpha value is -2.32. The number of benzene rings is 1. The van der Waals surface area contributed by atoms with E-state index >= 15 is 0 Å². The number of hydrazone groups is 1. The molecular formula is C14H14Cl2N3O5-. The van der Waals surface area contributed by atoms with Crippen molar-refractivity contribution in [1.29, 1.82) is 0 Å². The number of nitrogens with one attached hydrogen (secondary N) is 2. The Morgan fingerprint density at radius 3 is 2.42 bits per heavy atom. The number of carboxylic acids is 1. The molecule has 0 aromatic heterocycles. The number of hydrogen-bond donors (Lipinski definition) is 2. The van der Waals surface area contributed by atoms with Crippen molar-refractivity contribution in [2.75, 3.05) is 13.2 Å². The molecule has 1 rings (SSSR count). The third-order valence-corrected chi connectivity index (χ3v) is 3.04. The smallest absolute Gasteiger partial charge is 0.329 e. The number of rotatable bonds is 7. The average Bonchev–Trinajstić information content (AvgIpc) is 2.51. The van der Waals surface area contributed by atoms with Gasteiger partial charge in [-0.1, -0.05) is 30.1 Å². The number of halogens is 2. The van der Waals surface area contributed by atoms with Crippen LogP contribution in [-0.2, 0) is 14.4 Å². The van der Waals surface area contributed by atoms with Gasteiger partial charge < -0.3 is 20.0 Å². The lowest BCUT2D eigenvalue weighted by atomic mass is 10.2. The third-order valence-electron chi connectivity index (χ3n) is 2.48. The number of hydrogen-bond acceptors (Lipinski definition) is 6. The second kappa shape index (κ2) is 9.74. The van der Waals surface area contributed by atoms with Crippen molar-refractivity contribution in [3.63, 3.8) is 0 Å². The van der Waals surface area contributed by atoms with Crippen molar-refractivity contribution in [1.82, 2.24) is 10.7 Å². The van der Waals surface area contributed by atoms with Crippen molar-refractivity contribution >= 4 is 47.2 Å². The molecule has 0 aliphatic carbocycles. The van der Waals surface area contributed by atoms with Crippen LogP contribution < -0.4 is 20.6 Å². The van der Waals surface area contributed by atoms with Gasteiger partial charge >= 0.3 is 11.8 Å². The second-order valence-corrected chi connectivity index (χ2v) is 5.24. The van der Waals surface area contributed by atoms with E-state index in [2.05, 4.69) is 10.4 Å². The van der Waals surface area contributed by atoms with Gasteiger partial charge in [0.25, 0.3) is 0 Å². The molecule has 0 spiro atoms. The van der Waals surface area contributed by atoms with E-state index < -0.39 is 24.4 Å². The highest BCUT2D eigenvalue weighted by Crippen LogP contribution is 2.33. The zero-order valence-electron chi connectivity index (χ0n) is 12.6. The second-order valence-electron chi connectivity index (χ2n) is 4.43. The first-order valence-corrected chi connectivity index (χ1v) is 7.53. The highest BCUT2D eigenvalue weighted by molar-refractivity contribution is 6.37. The topological polar surface area (TPSA) is 120 Å². The monoisotopic (exact) mass is 374 g/mol. The first-order chi connectivity index (χ1) is 11.3. The summed E-state index contributed by atoms with van der Waals surface area (Å²) in [6.07, 6.45) is 1.91. The van der Waals surface area contributed by atoms with Gasteiger partial charge in [0, 0.05) is 6.54 Å². The maximum atomic E-state index is 11.4. The van der Waals surface area contributed by atoms with Crippen LogP contribution in [0, 0.1) is 0 Å². The van der Waals surface area contributed by atoms with E-state index in [1.165, 1.54) is 18.3 Å². The van der Waals surface area contributed by atoms with Crippen LogP contribution in [0.2, 0.25) is 10.0 Å². The number of ether oxygens (including phenoxy) is 1. The lowest BCUT2D eigenvalue weighted by Crippen LogP contribution is -2.38. The average molecular weight is 375 g/mol. The van der Waals surface area contributed by atoms with E-state index in [-0.39, 0.29) is 15.8 Å². The minimum Gasteiger partial charge on any atom is -0.546 e. The molecule has 0 aliphatic heterocycles. The van der Waals surface area contributed by atoms with Crippen molar-refractivity contribution < 1.29 is 24.2 Å². The summed E-state index contributed by atoms with van der Waals surface area (Å²) >= 11 is 11.9. The molecule has 1 aromatic rings. The fraction of sp³-hybridized carbons (Fsp3) is 0.286.